The molecule has 2 N–H and O–H groups in total. The molecule has 0 radical (unpaired) electrons. The molecule has 6 heteroatoms. The minimum atomic E-state index is 0.853. The SMILES string of the molecule is C=C/C(=C\NC)c1ccc(Nc2ccc(N3CCN(C4CCC4)CC3)cc2)c2nccn12. The number of imidazole rings is 1. The summed E-state index contributed by atoms with van der Waals surface area (Å²) in [4.78, 5) is 9.77. The van der Waals surface area contributed by atoms with Gasteiger partial charge in [-0.2, -0.15) is 0 Å². The first-order chi connectivity index (χ1) is 15.8. The summed E-state index contributed by atoms with van der Waals surface area (Å²) >= 11 is 0. The highest BCUT2D eigenvalue weighted by molar-refractivity contribution is 5.80. The van der Waals surface area contributed by atoms with E-state index in [2.05, 4.69) is 72.8 Å². The highest BCUT2D eigenvalue weighted by Crippen LogP contribution is 2.29. The molecule has 1 aromatic carbocycles. The molecule has 2 fully saturated rings. The second kappa shape index (κ2) is 9.09. The summed E-state index contributed by atoms with van der Waals surface area (Å²) in [5.41, 5.74) is 6.30. The van der Waals surface area contributed by atoms with Gasteiger partial charge in [-0.1, -0.05) is 19.1 Å². The van der Waals surface area contributed by atoms with Gasteiger partial charge in [0.1, 0.15) is 0 Å². The Labute approximate surface area is 190 Å². The third-order valence-corrected chi connectivity index (χ3v) is 6.78. The molecule has 32 heavy (non-hydrogen) atoms. The normalized spacial score (nSPS) is 17.9. The molecular weight excluding hydrogens is 396 g/mol. The van der Waals surface area contributed by atoms with E-state index in [9.17, 15) is 0 Å². The zero-order valence-electron chi connectivity index (χ0n) is 18.8. The standard InChI is InChI=1S/C26H32N6/c1-3-20(19-27-2)25-12-11-24(26-28-13-14-32(25)26)29-21-7-9-23(10-8-21)31-17-15-30(16-18-31)22-5-4-6-22/h3,7-14,19,22,27,29H,1,4-6,15-18H2,2H3/b20-19+. The molecule has 1 saturated carbocycles. The lowest BCUT2D eigenvalue weighted by Gasteiger charge is -2.43. The number of hydrogen-bond acceptors (Lipinski definition) is 5. The van der Waals surface area contributed by atoms with Crippen LogP contribution in [0.1, 0.15) is 25.0 Å². The van der Waals surface area contributed by atoms with E-state index in [0.717, 1.165) is 47.4 Å². The van der Waals surface area contributed by atoms with E-state index in [4.69, 9.17) is 0 Å². The van der Waals surface area contributed by atoms with Crippen LogP contribution in [0, 0.1) is 0 Å². The highest BCUT2D eigenvalue weighted by Gasteiger charge is 2.27. The third kappa shape index (κ3) is 3.98. The van der Waals surface area contributed by atoms with Crippen molar-refractivity contribution in [3.8, 4) is 0 Å². The van der Waals surface area contributed by atoms with Crippen LogP contribution in [-0.2, 0) is 0 Å². The Morgan fingerprint density at radius 2 is 1.84 bits per heavy atom. The Morgan fingerprint density at radius 3 is 2.50 bits per heavy atom. The summed E-state index contributed by atoms with van der Waals surface area (Å²) in [6.07, 6.45) is 11.8. The van der Waals surface area contributed by atoms with E-state index in [1.165, 1.54) is 38.0 Å². The van der Waals surface area contributed by atoms with E-state index >= 15 is 0 Å². The average molecular weight is 429 g/mol. The van der Waals surface area contributed by atoms with Crippen LogP contribution in [0.4, 0.5) is 17.1 Å². The largest absolute Gasteiger partial charge is 0.393 e. The van der Waals surface area contributed by atoms with Gasteiger partial charge in [0.2, 0.25) is 0 Å². The van der Waals surface area contributed by atoms with Crippen molar-refractivity contribution >= 4 is 28.3 Å². The molecule has 3 aromatic rings. The van der Waals surface area contributed by atoms with E-state index < -0.39 is 0 Å². The first kappa shape index (κ1) is 20.6. The quantitative estimate of drug-likeness (QED) is 0.543. The van der Waals surface area contributed by atoms with E-state index in [0.29, 0.717) is 0 Å². The molecule has 6 nitrogen and oxygen atoms in total. The number of nitrogens with one attached hydrogen (secondary N) is 2. The number of piperazine rings is 1. The molecular formula is C26H32N6. The molecule has 166 valence electrons. The van der Waals surface area contributed by atoms with Crippen LogP contribution in [0.25, 0.3) is 11.2 Å². The topological polar surface area (TPSA) is 47.8 Å². The van der Waals surface area contributed by atoms with Gasteiger partial charge in [0, 0.05) is 74.8 Å². The van der Waals surface area contributed by atoms with Gasteiger partial charge in [-0.25, -0.2) is 4.98 Å². The third-order valence-electron chi connectivity index (χ3n) is 6.78. The minimum Gasteiger partial charge on any atom is -0.393 e. The second-order valence-corrected chi connectivity index (χ2v) is 8.63. The number of anilines is 3. The van der Waals surface area contributed by atoms with Crippen molar-refractivity contribution in [2.24, 2.45) is 0 Å². The van der Waals surface area contributed by atoms with Crippen molar-refractivity contribution in [2.75, 3.05) is 43.4 Å². The molecule has 0 atom stereocenters. The van der Waals surface area contributed by atoms with Crippen molar-refractivity contribution in [1.29, 1.82) is 0 Å². The maximum atomic E-state index is 4.58. The van der Waals surface area contributed by atoms with Crippen molar-refractivity contribution in [1.82, 2.24) is 19.6 Å². The van der Waals surface area contributed by atoms with Crippen LogP contribution in [-0.4, -0.2) is 53.6 Å². The molecule has 1 aliphatic carbocycles. The summed E-state index contributed by atoms with van der Waals surface area (Å²) in [6, 6.07) is 13.8. The lowest BCUT2D eigenvalue weighted by molar-refractivity contribution is 0.120. The van der Waals surface area contributed by atoms with Crippen LogP contribution < -0.4 is 15.5 Å². The van der Waals surface area contributed by atoms with Crippen LogP contribution >= 0.6 is 0 Å². The Hall–Kier alpha value is -3.25. The molecule has 3 heterocycles. The van der Waals surface area contributed by atoms with E-state index in [1.54, 1.807) is 0 Å². The van der Waals surface area contributed by atoms with Crippen LogP contribution in [0.3, 0.4) is 0 Å². The number of aromatic nitrogens is 2. The van der Waals surface area contributed by atoms with Crippen molar-refractivity contribution < 1.29 is 0 Å². The number of fused-ring (bicyclic) bond motifs is 1. The molecule has 0 unspecified atom stereocenters. The smallest absolute Gasteiger partial charge is 0.161 e. The lowest BCUT2D eigenvalue weighted by atomic mass is 9.91. The van der Waals surface area contributed by atoms with Gasteiger partial charge < -0.3 is 15.5 Å². The number of nitrogens with zero attached hydrogens (tertiary/aromatic N) is 4. The van der Waals surface area contributed by atoms with Crippen molar-refractivity contribution in [3.05, 3.63) is 73.3 Å². The first-order valence-electron chi connectivity index (χ1n) is 11.6. The summed E-state index contributed by atoms with van der Waals surface area (Å²) in [7, 11) is 1.89. The van der Waals surface area contributed by atoms with Gasteiger partial charge in [0.25, 0.3) is 0 Å². The average Bonchev–Trinajstić information content (AvgIpc) is 3.29. The Kier molecular flexibility index (Phi) is 5.86. The Balaban J connectivity index is 1.29. The van der Waals surface area contributed by atoms with Gasteiger partial charge >= 0.3 is 0 Å². The number of benzene rings is 1. The predicted octanol–water partition coefficient (Wildman–Crippen LogP) is 4.50. The molecule has 1 aliphatic heterocycles. The van der Waals surface area contributed by atoms with Crippen LogP contribution in [0.2, 0.25) is 0 Å². The number of rotatable bonds is 7. The monoisotopic (exact) mass is 428 g/mol. The molecule has 2 aromatic heterocycles. The fraction of sp³-hybridized carbons (Fsp3) is 0.346. The van der Waals surface area contributed by atoms with Gasteiger partial charge in [-0.15, -0.1) is 0 Å². The van der Waals surface area contributed by atoms with Crippen molar-refractivity contribution in [2.45, 2.75) is 25.3 Å². The molecule has 0 spiro atoms. The first-order valence-corrected chi connectivity index (χ1v) is 11.6. The zero-order valence-corrected chi connectivity index (χ0v) is 18.8. The van der Waals surface area contributed by atoms with E-state index in [-0.39, 0.29) is 0 Å². The Bertz CT molecular complexity index is 1100. The van der Waals surface area contributed by atoms with Crippen LogP contribution in [0.15, 0.2) is 67.6 Å². The molecule has 0 bridgehead atoms. The van der Waals surface area contributed by atoms with Gasteiger partial charge in [0.05, 0.1) is 11.4 Å². The van der Waals surface area contributed by atoms with Gasteiger partial charge in [-0.05, 0) is 49.2 Å². The minimum absolute atomic E-state index is 0.853. The zero-order chi connectivity index (χ0) is 21.9. The highest BCUT2D eigenvalue weighted by atomic mass is 15.3. The van der Waals surface area contributed by atoms with Gasteiger partial charge in [0.15, 0.2) is 5.65 Å². The summed E-state index contributed by atoms with van der Waals surface area (Å²) in [6.45, 7) is 8.54. The van der Waals surface area contributed by atoms with Crippen molar-refractivity contribution in [3.63, 3.8) is 0 Å². The predicted molar refractivity (Wildman–Crippen MR) is 134 cm³/mol. The fourth-order valence-electron chi connectivity index (χ4n) is 4.75. The maximum absolute atomic E-state index is 4.58. The molecule has 5 rings (SSSR count). The van der Waals surface area contributed by atoms with E-state index in [1.807, 2.05) is 31.7 Å². The van der Waals surface area contributed by atoms with Crippen LogP contribution in [0.5, 0.6) is 0 Å². The number of hydrogen-bond donors (Lipinski definition) is 2. The number of pyridine rings is 1. The maximum Gasteiger partial charge on any atom is 0.161 e. The summed E-state index contributed by atoms with van der Waals surface area (Å²) in [5.74, 6) is 0. The molecule has 2 aliphatic rings. The second-order valence-electron chi connectivity index (χ2n) is 8.63. The molecule has 1 saturated heterocycles. The lowest BCUT2D eigenvalue weighted by Crippen LogP contribution is -2.52. The number of allylic oxidation sites excluding steroid dienone is 2. The van der Waals surface area contributed by atoms with Gasteiger partial charge in [-0.3, -0.25) is 9.30 Å². The summed E-state index contributed by atoms with van der Waals surface area (Å²) < 4.78 is 2.09. The molecule has 0 amide bonds. The Morgan fingerprint density at radius 1 is 1.06 bits per heavy atom. The fourth-order valence-corrected chi connectivity index (χ4v) is 4.75. The summed E-state index contributed by atoms with van der Waals surface area (Å²) in [5, 5.41) is 6.63.